The van der Waals surface area contributed by atoms with Crippen molar-refractivity contribution in [3.8, 4) is 11.8 Å². The zero-order valence-corrected chi connectivity index (χ0v) is 37.1. The molecule has 61 heavy (non-hydrogen) atoms. The Morgan fingerprint density at radius 1 is 1.13 bits per heavy atom. The molecule has 0 spiro atoms. The number of fused-ring (bicyclic) bond motifs is 1. The molecule has 10 N–H and O–H groups in total. The molecule has 4 aromatic rings. The number of aliphatic hydroxyl groups is 1. The highest BCUT2D eigenvalue weighted by Crippen LogP contribution is 2.66. The summed E-state index contributed by atoms with van der Waals surface area (Å²) in [6, 6.07) is 11.6. The van der Waals surface area contributed by atoms with Crippen LogP contribution in [0, 0.1) is 11.8 Å². The highest BCUT2D eigenvalue weighted by atomic mass is 33.1. The number of H-pyrrole nitrogens is 1. The van der Waals surface area contributed by atoms with Gasteiger partial charge in [0.2, 0.25) is 5.95 Å². The number of pyridine rings is 1. The summed E-state index contributed by atoms with van der Waals surface area (Å²) >= 11 is 0. The molecule has 5 rings (SSSR count). The number of carbonyl (C=O) groups excluding carboxylic acids is 1. The smallest absolute Gasteiger partial charge is 0.390 e. The molecule has 1 aliphatic rings. The van der Waals surface area contributed by atoms with Gasteiger partial charge in [0, 0.05) is 53.2 Å². The number of aliphatic hydroxyl groups excluding tert-OH is 1. The van der Waals surface area contributed by atoms with Crippen molar-refractivity contribution in [3.63, 3.8) is 0 Å². The van der Waals surface area contributed by atoms with Crippen LogP contribution in [-0.4, -0.2) is 94.8 Å². The Morgan fingerprint density at radius 3 is 2.57 bits per heavy atom. The van der Waals surface area contributed by atoms with Gasteiger partial charge in [0.15, 0.2) is 24.6 Å². The van der Waals surface area contributed by atoms with E-state index in [0.717, 1.165) is 12.1 Å². The largest absolute Gasteiger partial charge is 0.490 e. The fraction of sp³-hybridized carbons (Fsp3) is 0.412. The van der Waals surface area contributed by atoms with Crippen LogP contribution in [0.4, 0.5) is 5.95 Å². The number of anilines is 1. The summed E-state index contributed by atoms with van der Waals surface area (Å²) in [5.41, 5.74) is 8.22. The third kappa shape index (κ3) is 14.8. The molecule has 332 valence electrons. The minimum absolute atomic E-state index is 0.0189. The molecule has 1 aromatic carbocycles. The van der Waals surface area contributed by atoms with Crippen molar-refractivity contribution in [1.82, 2.24) is 25.2 Å². The number of nitrogens with two attached hydrogens (primary N) is 1. The minimum Gasteiger partial charge on any atom is -0.390 e. The maximum atomic E-state index is 12.9. The summed E-state index contributed by atoms with van der Waals surface area (Å²) in [6.45, 7) is 4.92. The number of nitrogens with zero attached hydrogens (tertiary/aromatic N) is 3. The molecule has 2 unspecified atom stereocenters. The molecular formula is C34H45N7O15P3S2+. The molecule has 5 atom stereocenters. The van der Waals surface area contributed by atoms with E-state index >= 15 is 0 Å². The second kappa shape index (κ2) is 20.8. The van der Waals surface area contributed by atoms with Crippen LogP contribution in [0.1, 0.15) is 53.5 Å². The first-order valence-electron chi connectivity index (χ1n) is 18.0. The van der Waals surface area contributed by atoms with Gasteiger partial charge in [-0.25, -0.2) is 18.3 Å². The third-order valence-electron chi connectivity index (χ3n) is 8.40. The Hall–Kier alpha value is -3.43. The summed E-state index contributed by atoms with van der Waals surface area (Å²) in [7, 11) is -12.0. The van der Waals surface area contributed by atoms with Gasteiger partial charge in [0.25, 0.3) is 11.5 Å². The molecule has 0 bridgehead atoms. The van der Waals surface area contributed by atoms with Gasteiger partial charge >= 0.3 is 23.5 Å². The van der Waals surface area contributed by atoms with Gasteiger partial charge in [-0.3, -0.25) is 19.1 Å². The van der Waals surface area contributed by atoms with Crippen LogP contribution >= 0.6 is 45.1 Å². The van der Waals surface area contributed by atoms with Crippen LogP contribution < -0.4 is 26.5 Å². The Kier molecular flexibility index (Phi) is 16.6. The van der Waals surface area contributed by atoms with E-state index in [-0.39, 0.29) is 52.2 Å². The molecule has 0 saturated carbocycles. The second-order valence-electron chi connectivity index (χ2n) is 13.9. The molecule has 1 fully saturated rings. The van der Waals surface area contributed by atoms with E-state index in [2.05, 4.69) is 62.4 Å². The molecule has 0 aliphatic carbocycles. The average Bonchev–Trinajstić information content (AvgIpc) is 3.71. The van der Waals surface area contributed by atoms with E-state index in [9.17, 15) is 38.2 Å². The summed E-state index contributed by atoms with van der Waals surface area (Å²) in [4.78, 5) is 69.0. The molecule has 1 saturated heterocycles. The van der Waals surface area contributed by atoms with Crippen LogP contribution in [0.5, 0.6) is 0 Å². The number of ether oxygens (including phenoxy) is 2. The van der Waals surface area contributed by atoms with Crippen LogP contribution in [0.3, 0.4) is 0 Å². The number of benzene rings is 1. The first-order chi connectivity index (χ1) is 28.6. The van der Waals surface area contributed by atoms with E-state index < -0.39 is 54.1 Å². The van der Waals surface area contributed by atoms with Crippen molar-refractivity contribution >= 4 is 67.9 Å². The molecule has 1 aliphatic heterocycles. The lowest BCUT2D eigenvalue weighted by molar-refractivity contribution is -0.688. The number of aromatic nitrogens is 4. The number of carbonyl (C=O) groups is 1. The lowest BCUT2D eigenvalue weighted by Crippen LogP contribution is -2.36. The molecule has 27 heteroatoms. The fourth-order valence-corrected chi connectivity index (χ4v) is 11.0. The van der Waals surface area contributed by atoms with E-state index in [1.807, 2.05) is 57.4 Å². The summed E-state index contributed by atoms with van der Waals surface area (Å²) in [5, 5.41) is 16.8. The van der Waals surface area contributed by atoms with Gasteiger partial charge < -0.3 is 55.1 Å². The highest BCUT2D eigenvalue weighted by molar-refractivity contribution is 8.77. The maximum absolute atomic E-state index is 12.9. The molecule has 0 radical (unpaired) electrons. The Balaban J connectivity index is 1.09. The SMILES string of the molecule is CNCc1ccc[n+](Cc2ccc(C(=O)NCC(C)(C)SSCOCC#Cc3cn([C@H]4C[C@@H](O)[C@@H](COP(=O)(O)OP(=O)(O)OP(=O)(O)O)O4)c4nc(N)[nH]c(=O)c34)cc2)c1. The van der Waals surface area contributed by atoms with E-state index in [0.29, 0.717) is 18.7 Å². The second-order valence-corrected chi connectivity index (χ2v) is 21.3. The first kappa shape index (κ1) is 48.6. The van der Waals surface area contributed by atoms with Gasteiger partial charge in [-0.2, -0.15) is 13.6 Å². The molecule has 3 aromatic heterocycles. The third-order valence-corrected chi connectivity index (χ3v) is 15.2. The zero-order chi connectivity index (χ0) is 44.6. The lowest BCUT2D eigenvalue weighted by Gasteiger charge is -2.23. The van der Waals surface area contributed by atoms with Gasteiger partial charge in [-0.05, 0) is 39.1 Å². The predicted octanol–water partition coefficient (Wildman–Crippen LogP) is 2.27. The van der Waals surface area contributed by atoms with Crippen molar-refractivity contribution in [3.05, 3.63) is 87.6 Å². The van der Waals surface area contributed by atoms with Crippen LogP contribution in [0.25, 0.3) is 11.0 Å². The monoisotopic (exact) mass is 948 g/mol. The number of rotatable bonds is 20. The van der Waals surface area contributed by atoms with Crippen molar-refractivity contribution < 1.29 is 70.4 Å². The topological polar surface area (TPSA) is 320 Å². The first-order valence-corrected chi connectivity index (χ1v) is 24.9. The van der Waals surface area contributed by atoms with Gasteiger partial charge in [-0.1, -0.05) is 45.6 Å². The fourth-order valence-electron chi connectivity index (χ4n) is 5.82. The van der Waals surface area contributed by atoms with Crippen LogP contribution in [-0.2, 0) is 49.4 Å². The number of hydrogen-bond acceptors (Lipinski definition) is 16. The zero-order valence-electron chi connectivity index (χ0n) is 32.8. The maximum Gasteiger partial charge on any atom is 0.490 e. The number of phosphoric acid groups is 3. The summed E-state index contributed by atoms with van der Waals surface area (Å²) < 4.78 is 61.2. The van der Waals surface area contributed by atoms with Gasteiger partial charge in [-0.15, -0.1) is 0 Å². The quantitative estimate of drug-likeness (QED) is 0.0153. The normalized spacial score (nSPS) is 18.9. The Morgan fingerprint density at radius 2 is 1.87 bits per heavy atom. The number of phosphoric ester groups is 1. The number of nitrogen functional groups attached to an aromatic ring is 1. The molecule has 1 amide bonds. The van der Waals surface area contributed by atoms with Crippen LogP contribution in [0.15, 0.2) is 59.8 Å². The molecule has 4 heterocycles. The number of hydrogen-bond donors (Lipinski definition) is 9. The number of aromatic amines is 1. The summed E-state index contributed by atoms with van der Waals surface area (Å²) in [5.74, 6) is 5.55. The van der Waals surface area contributed by atoms with Gasteiger partial charge in [0.05, 0.1) is 23.7 Å². The average molecular weight is 949 g/mol. The van der Waals surface area contributed by atoms with Crippen molar-refractivity contribution in [2.75, 3.05) is 38.5 Å². The Labute approximate surface area is 356 Å². The van der Waals surface area contributed by atoms with Crippen molar-refractivity contribution in [2.45, 2.75) is 56.5 Å². The predicted molar refractivity (Wildman–Crippen MR) is 223 cm³/mol. The standard InChI is InChI=1S/C34H44N7O15P3S2/c1-34(2,20-37-31(43)24-10-8-22(9-11-24)16-40-12-4-6-23(17-40)15-36-3)61-60-21-52-13-5-7-25-18-41(30-29(25)32(44)39-33(35)38-30)28-14-26(42)27(54-28)19-53-58(48,49)56-59(50,51)55-57(45,46)47/h4,6,8-12,17-18,26-28,36,42H,13-16,19-21H2,1-3H3,(H7-,35,37,38,39,43,44,45,46,47,48,49,50,51)/p+1/t26-,27-,28-/m1/s1. The molecule has 22 nitrogen and oxygen atoms in total. The minimum atomic E-state index is -5.76. The van der Waals surface area contributed by atoms with E-state index in [1.165, 1.54) is 37.9 Å². The number of nitrogens with one attached hydrogen (secondary N) is 3. The van der Waals surface area contributed by atoms with Crippen molar-refractivity contribution in [1.29, 1.82) is 0 Å². The molecular weight excluding hydrogens is 903 g/mol. The van der Waals surface area contributed by atoms with E-state index in [4.69, 9.17) is 25.0 Å². The van der Waals surface area contributed by atoms with Crippen molar-refractivity contribution in [2.24, 2.45) is 0 Å². The van der Waals surface area contributed by atoms with Gasteiger partial charge in [0.1, 0.15) is 24.9 Å². The van der Waals surface area contributed by atoms with E-state index in [1.54, 1.807) is 0 Å². The van der Waals surface area contributed by atoms with Crippen LogP contribution in [0.2, 0.25) is 0 Å². The number of amides is 1. The lowest BCUT2D eigenvalue weighted by atomic mass is 10.1. The highest BCUT2D eigenvalue weighted by Gasteiger charge is 2.43. The Bertz CT molecular complexity index is 2460. The summed E-state index contributed by atoms with van der Waals surface area (Å²) in [6.07, 6.45) is 1.62.